The van der Waals surface area contributed by atoms with Crippen LogP contribution in [0.15, 0.2) is 18.7 Å². The molecule has 0 saturated heterocycles. The largest absolute Gasteiger partial charge is 0.204 e. The van der Waals surface area contributed by atoms with E-state index in [-0.39, 0.29) is 5.92 Å². The molecule has 1 fully saturated rings. The third-order valence-electron chi connectivity index (χ3n) is 3.45. The highest BCUT2D eigenvalue weighted by molar-refractivity contribution is 5.65. The quantitative estimate of drug-likeness (QED) is 0.657. The van der Waals surface area contributed by atoms with Gasteiger partial charge in [-0.25, -0.2) is 13.2 Å². The summed E-state index contributed by atoms with van der Waals surface area (Å²) in [7, 11) is 0. The highest BCUT2D eigenvalue weighted by Crippen LogP contribution is 2.34. The van der Waals surface area contributed by atoms with Gasteiger partial charge >= 0.3 is 0 Å². The Morgan fingerprint density at radius 1 is 1.00 bits per heavy atom. The fourth-order valence-corrected chi connectivity index (χ4v) is 2.43. The molecule has 0 bridgehead atoms. The van der Waals surface area contributed by atoms with Crippen LogP contribution >= 0.6 is 0 Å². The predicted octanol–water partition coefficient (Wildman–Crippen LogP) is 4.70. The van der Waals surface area contributed by atoms with E-state index in [1.54, 1.807) is 0 Å². The second-order valence-electron chi connectivity index (χ2n) is 4.61. The molecule has 1 aromatic rings. The average molecular weight is 240 g/mol. The van der Waals surface area contributed by atoms with E-state index >= 15 is 0 Å². The van der Waals surface area contributed by atoms with Gasteiger partial charge in [0.05, 0.1) is 0 Å². The summed E-state index contributed by atoms with van der Waals surface area (Å²) in [4.78, 5) is 0. The van der Waals surface area contributed by atoms with Crippen molar-refractivity contribution in [3.8, 4) is 0 Å². The van der Waals surface area contributed by atoms with Gasteiger partial charge in [-0.05, 0) is 42.0 Å². The average Bonchev–Trinajstić information content (AvgIpc) is 2.35. The second kappa shape index (κ2) is 4.94. The Morgan fingerprint density at radius 3 is 2.06 bits per heavy atom. The number of halogens is 3. The summed E-state index contributed by atoms with van der Waals surface area (Å²) in [6.07, 6.45) is 5.44. The molecule has 0 amide bonds. The van der Waals surface area contributed by atoms with Gasteiger partial charge in [-0.3, -0.25) is 0 Å². The molecular weight excluding hydrogens is 225 g/mol. The van der Waals surface area contributed by atoms with Crippen molar-refractivity contribution in [3.05, 3.63) is 41.7 Å². The maximum Gasteiger partial charge on any atom is 0.194 e. The summed E-state index contributed by atoms with van der Waals surface area (Å²) in [6.45, 7) is 3.90. The topological polar surface area (TPSA) is 0 Å². The highest BCUT2D eigenvalue weighted by Gasteiger charge is 2.20. The number of allylic oxidation sites excluding steroid dienone is 1. The predicted molar refractivity (Wildman–Crippen MR) is 61.9 cm³/mol. The molecule has 1 aromatic carbocycles. The van der Waals surface area contributed by atoms with Crippen LogP contribution in [0, 0.1) is 23.4 Å². The normalized spacial score (nSPS) is 17.1. The van der Waals surface area contributed by atoms with Gasteiger partial charge in [-0.15, -0.1) is 0 Å². The van der Waals surface area contributed by atoms with Gasteiger partial charge in [-0.2, -0.15) is 0 Å². The third-order valence-corrected chi connectivity index (χ3v) is 3.45. The molecule has 0 nitrogen and oxygen atoms in total. The van der Waals surface area contributed by atoms with Gasteiger partial charge < -0.3 is 0 Å². The lowest BCUT2D eigenvalue weighted by atomic mass is 9.82. The van der Waals surface area contributed by atoms with Crippen molar-refractivity contribution in [2.75, 3.05) is 0 Å². The van der Waals surface area contributed by atoms with Gasteiger partial charge in [0.1, 0.15) is 0 Å². The van der Waals surface area contributed by atoms with Crippen molar-refractivity contribution in [1.82, 2.24) is 0 Å². The number of rotatable bonds is 2. The standard InChI is InChI=1S/C14H15F3/c1-9(10-5-3-2-4-6-10)11-7-12(15)14(17)13(16)8-11/h7-8,10H,1-6H2. The minimum Gasteiger partial charge on any atom is -0.204 e. The minimum absolute atomic E-state index is 0.271. The van der Waals surface area contributed by atoms with Crippen LogP contribution in [0.2, 0.25) is 0 Å². The summed E-state index contributed by atoms with van der Waals surface area (Å²) in [6, 6.07) is 2.07. The van der Waals surface area contributed by atoms with E-state index < -0.39 is 17.5 Å². The van der Waals surface area contributed by atoms with E-state index in [9.17, 15) is 13.2 Å². The zero-order chi connectivity index (χ0) is 12.4. The summed E-state index contributed by atoms with van der Waals surface area (Å²) in [5, 5.41) is 0. The molecule has 0 aromatic heterocycles. The summed E-state index contributed by atoms with van der Waals surface area (Å²) >= 11 is 0. The van der Waals surface area contributed by atoms with Gasteiger partial charge in [0.2, 0.25) is 0 Å². The molecule has 0 unspecified atom stereocenters. The zero-order valence-corrected chi connectivity index (χ0v) is 9.61. The maximum absolute atomic E-state index is 13.1. The Balaban J connectivity index is 2.24. The second-order valence-corrected chi connectivity index (χ2v) is 4.61. The van der Waals surface area contributed by atoms with E-state index in [1.165, 1.54) is 6.42 Å². The molecule has 0 atom stereocenters. The summed E-state index contributed by atoms with van der Waals surface area (Å²) < 4.78 is 39.1. The van der Waals surface area contributed by atoms with Crippen molar-refractivity contribution in [2.45, 2.75) is 32.1 Å². The Kier molecular flexibility index (Phi) is 3.55. The molecule has 2 rings (SSSR count). The molecule has 0 spiro atoms. The van der Waals surface area contributed by atoms with Crippen molar-refractivity contribution in [1.29, 1.82) is 0 Å². The number of benzene rings is 1. The van der Waals surface area contributed by atoms with Crippen LogP contribution in [0.4, 0.5) is 13.2 Å². The first-order chi connectivity index (χ1) is 8.09. The first-order valence-corrected chi connectivity index (χ1v) is 5.93. The monoisotopic (exact) mass is 240 g/mol. The molecule has 0 aliphatic heterocycles. The Morgan fingerprint density at radius 2 is 1.53 bits per heavy atom. The molecule has 0 radical (unpaired) electrons. The Labute approximate surface area is 99.2 Å². The smallest absolute Gasteiger partial charge is 0.194 e. The van der Waals surface area contributed by atoms with Gasteiger partial charge in [0, 0.05) is 0 Å². The SMILES string of the molecule is C=C(c1cc(F)c(F)c(F)c1)C1CCCCC1. The third kappa shape index (κ3) is 2.54. The van der Waals surface area contributed by atoms with Gasteiger partial charge in [0.15, 0.2) is 17.5 Å². The van der Waals surface area contributed by atoms with Crippen molar-refractivity contribution in [2.24, 2.45) is 5.92 Å². The molecule has 0 heterocycles. The van der Waals surface area contributed by atoms with Crippen molar-refractivity contribution < 1.29 is 13.2 Å². The molecule has 1 aliphatic carbocycles. The van der Waals surface area contributed by atoms with Crippen LogP contribution in [0.5, 0.6) is 0 Å². The Hall–Kier alpha value is -1.25. The lowest BCUT2D eigenvalue weighted by molar-refractivity contribution is 0.427. The molecule has 1 aliphatic rings. The molecule has 0 N–H and O–H groups in total. The van der Waals surface area contributed by atoms with Gasteiger partial charge in [-0.1, -0.05) is 25.8 Å². The molecule has 1 saturated carbocycles. The van der Waals surface area contributed by atoms with Crippen molar-refractivity contribution in [3.63, 3.8) is 0 Å². The van der Waals surface area contributed by atoms with Gasteiger partial charge in [0.25, 0.3) is 0 Å². The van der Waals surface area contributed by atoms with Crippen LogP contribution in [0.1, 0.15) is 37.7 Å². The summed E-state index contributed by atoms with van der Waals surface area (Å²) in [5.74, 6) is -3.42. The number of hydrogen-bond donors (Lipinski definition) is 0. The first-order valence-electron chi connectivity index (χ1n) is 5.93. The van der Waals surface area contributed by atoms with Crippen LogP contribution < -0.4 is 0 Å². The number of hydrogen-bond acceptors (Lipinski definition) is 0. The maximum atomic E-state index is 13.1. The van der Waals surface area contributed by atoms with Crippen LogP contribution in [-0.4, -0.2) is 0 Å². The van der Waals surface area contributed by atoms with Crippen LogP contribution in [0.3, 0.4) is 0 Å². The fraction of sp³-hybridized carbons (Fsp3) is 0.429. The van der Waals surface area contributed by atoms with Crippen LogP contribution in [-0.2, 0) is 0 Å². The molecule has 3 heteroatoms. The van der Waals surface area contributed by atoms with E-state index in [4.69, 9.17) is 0 Å². The zero-order valence-electron chi connectivity index (χ0n) is 9.61. The molecule has 92 valence electrons. The Bertz CT molecular complexity index is 408. The van der Waals surface area contributed by atoms with Crippen molar-refractivity contribution >= 4 is 5.57 Å². The van der Waals surface area contributed by atoms with Crippen LogP contribution in [0.25, 0.3) is 5.57 Å². The fourth-order valence-electron chi connectivity index (χ4n) is 2.43. The molecular formula is C14H15F3. The van der Waals surface area contributed by atoms with E-state index in [0.717, 1.165) is 43.4 Å². The summed E-state index contributed by atoms with van der Waals surface area (Å²) in [5.41, 5.74) is 1.11. The minimum atomic E-state index is -1.41. The first kappa shape index (κ1) is 12.2. The van der Waals surface area contributed by atoms with E-state index in [2.05, 4.69) is 6.58 Å². The lowest BCUT2D eigenvalue weighted by Gasteiger charge is -2.24. The lowest BCUT2D eigenvalue weighted by Crippen LogP contribution is -2.08. The van der Waals surface area contributed by atoms with E-state index in [0.29, 0.717) is 5.56 Å². The van der Waals surface area contributed by atoms with E-state index in [1.807, 2.05) is 0 Å². The highest BCUT2D eigenvalue weighted by atomic mass is 19.2. The molecule has 17 heavy (non-hydrogen) atoms.